The summed E-state index contributed by atoms with van der Waals surface area (Å²) in [6, 6.07) is 3.76. The SMILES string of the molecule is CCc1nc(C)ccc1OCC(=O)NCC1CCC(C(=O)NC)CC1. The number of aromatic nitrogens is 1. The van der Waals surface area contributed by atoms with Gasteiger partial charge in [-0.05, 0) is 57.1 Å². The first-order chi connectivity index (χ1) is 12.0. The van der Waals surface area contributed by atoms with Gasteiger partial charge in [0.15, 0.2) is 6.61 Å². The Kier molecular flexibility index (Phi) is 7.22. The Hall–Kier alpha value is -2.11. The van der Waals surface area contributed by atoms with Crippen molar-refractivity contribution in [3.05, 3.63) is 23.5 Å². The number of rotatable bonds is 7. The summed E-state index contributed by atoms with van der Waals surface area (Å²) in [5.74, 6) is 1.26. The molecular weight excluding hydrogens is 318 g/mol. The van der Waals surface area contributed by atoms with Gasteiger partial charge in [0.05, 0.1) is 5.69 Å². The zero-order chi connectivity index (χ0) is 18.2. The maximum absolute atomic E-state index is 12.0. The van der Waals surface area contributed by atoms with Gasteiger partial charge < -0.3 is 15.4 Å². The summed E-state index contributed by atoms with van der Waals surface area (Å²) < 4.78 is 5.62. The molecular formula is C19H29N3O3. The molecule has 2 N–H and O–H groups in total. The molecule has 6 heteroatoms. The summed E-state index contributed by atoms with van der Waals surface area (Å²) in [6.45, 7) is 4.61. The van der Waals surface area contributed by atoms with Crippen molar-refractivity contribution >= 4 is 11.8 Å². The molecule has 2 rings (SSSR count). The number of hydrogen-bond donors (Lipinski definition) is 2. The third-order valence-corrected chi connectivity index (χ3v) is 4.82. The second-order valence-corrected chi connectivity index (χ2v) is 6.68. The molecule has 1 aliphatic carbocycles. The summed E-state index contributed by atoms with van der Waals surface area (Å²) >= 11 is 0. The Bertz CT molecular complexity index is 596. The highest BCUT2D eigenvalue weighted by Gasteiger charge is 2.25. The van der Waals surface area contributed by atoms with Gasteiger partial charge in [-0.25, -0.2) is 0 Å². The monoisotopic (exact) mass is 347 g/mol. The van der Waals surface area contributed by atoms with Gasteiger partial charge in [0.2, 0.25) is 5.91 Å². The molecule has 1 saturated carbocycles. The van der Waals surface area contributed by atoms with Crippen LogP contribution in [-0.4, -0.2) is 37.0 Å². The lowest BCUT2D eigenvalue weighted by Crippen LogP contribution is -2.36. The van der Waals surface area contributed by atoms with E-state index in [1.54, 1.807) is 7.05 Å². The average molecular weight is 347 g/mol. The van der Waals surface area contributed by atoms with Crippen LogP contribution < -0.4 is 15.4 Å². The number of ether oxygens (including phenoxy) is 1. The minimum atomic E-state index is -0.115. The Balaban J connectivity index is 1.71. The quantitative estimate of drug-likeness (QED) is 0.790. The molecule has 0 saturated heterocycles. The van der Waals surface area contributed by atoms with Crippen molar-refractivity contribution < 1.29 is 14.3 Å². The smallest absolute Gasteiger partial charge is 0.257 e. The molecule has 2 amide bonds. The van der Waals surface area contributed by atoms with Gasteiger partial charge in [0.1, 0.15) is 5.75 Å². The second kappa shape index (κ2) is 9.39. The fourth-order valence-electron chi connectivity index (χ4n) is 3.27. The normalized spacial score (nSPS) is 20.0. The zero-order valence-corrected chi connectivity index (χ0v) is 15.4. The molecule has 0 aliphatic heterocycles. The Labute approximate surface area is 149 Å². The fraction of sp³-hybridized carbons (Fsp3) is 0.632. The van der Waals surface area contributed by atoms with Crippen molar-refractivity contribution in [2.24, 2.45) is 11.8 Å². The van der Waals surface area contributed by atoms with Crippen LogP contribution in [0.4, 0.5) is 0 Å². The lowest BCUT2D eigenvalue weighted by Gasteiger charge is -2.27. The molecule has 0 bridgehead atoms. The molecule has 0 aromatic carbocycles. The van der Waals surface area contributed by atoms with E-state index in [0.29, 0.717) is 18.2 Å². The van der Waals surface area contributed by atoms with Gasteiger partial charge in [-0.3, -0.25) is 14.6 Å². The van der Waals surface area contributed by atoms with Gasteiger partial charge in [0, 0.05) is 25.2 Å². The minimum Gasteiger partial charge on any atom is -0.482 e. The third kappa shape index (κ3) is 5.73. The summed E-state index contributed by atoms with van der Waals surface area (Å²) in [5, 5.41) is 5.66. The van der Waals surface area contributed by atoms with E-state index in [1.807, 2.05) is 26.0 Å². The van der Waals surface area contributed by atoms with Crippen molar-refractivity contribution in [3.63, 3.8) is 0 Å². The van der Waals surface area contributed by atoms with Gasteiger partial charge in [0.25, 0.3) is 5.91 Å². The van der Waals surface area contributed by atoms with Gasteiger partial charge in [-0.2, -0.15) is 0 Å². The van der Waals surface area contributed by atoms with Crippen molar-refractivity contribution in [1.29, 1.82) is 0 Å². The highest BCUT2D eigenvalue weighted by atomic mass is 16.5. The maximum Gasteiger partial charge on any atom is 0.257 e. The van der Waals surface area contributed by atoms with E-state index in [-0.39, 0.29) is 24.3 Å². The molecule has 1 fully saturated rings. The third-order valence-electron chi connectivity index (χ3n) is 4.82. The van der Waals surface area contributed by atoms with Crippen LogP contribution in [0.25, 0.3) is 0 Å². The van der Waals surface area contributed by atoms with Crippen LogP contribution in [0.5, 0.6) is 5.75 Å². The van der Waals surface area contributed by atoms with E-state index in [2.05, 4.69) is 15.6 Å². The summed E-state index contributed by atoms with van der Waals surface area (Å²) in [7, 11) is 1.68. The number of nitrogens with zero attached hydrogens (tertiary/aromatic N) is 1. The van der Waals surface area contributed by atoms with Crippen LogP contribution in [0, 0.1) is 18.8 Å². The zero-order valence-electron chi connectivity index (χ0n) is 15.4. The van der Waals surface area contributed by atoms with Gasteiger partial charge >= 0.3 is 0 Å². The van der Waals surface area contributed by atoms with Crippen molar-refractivity contribution in [1.82, 2.24) is 15.6 Å². The van der Waals surface area contributed by atoms with Crippen LogP contribution in [-0.2, 0) is 16.0 Å². The predicted octanol–water partition coefficient (Wildman–Crippen LogP) is 2.00. The van der Waals surface area contributed by atoms with Crippen LogP contribution in [0.3, 0.4) is 0 Å². The van der Waals surface area contributed by atoms with Crippen LogP contribution in [0.2, 0.25) is 0 Å². The molecule has 1 aromatic rings. The predicted molar refractivity (Wildman–Crippen MR) is 96.4 cm³/mol. The van der Waals surface area contributed by atoms with Crippen LogP contribution in [0.1, 0.15) is 44.0 Å². The van der Waals surface area contributed by atoms with E-state index < -0.39 is 0 Å². The highest BCUT2D eigenvalue weighted by Crippen LogP contribution is 2.28. The Morgan fingerprint density at radius 2 is 1.96 bits per heavy atom. The molecule has 0 spiro atoms. The number of pyridine rings is 1. The lowest BCUT2D eigenvalue weighted by atomic mass is 9.81. The lowest BCUT2D eigenvalue weighted by molar-refractivity contribution is -0.126. The van der Waals surface area contributed by atoms with Crippen LogP contribution >= 0.6 is 0 Å². The largest absolute Gasteiger partial charge is 0.482 e. The van der Waals surface area contributed by atoms with E-state index >= 15 is 0 Å². The van der Waals surface area contributed by atoms with Crippen molar-refractivity contribution in [2.45, 2.75) is 46.0 Å². The first-order valence-corrected chi connectivity index (χ1v) is 9.11. The number of amides is 2. The molecule has 138 valence electrons. The maximum atomic E-state index is 12.0. The molecule has 1 aromatic heterocycles. The standard InChI is InChI=1S/C19H29N3O3/c1-4-16-17(10-5-13(2)22-16)25-12-18(23)21-11-14-6-8-15(9-7-14)19(24)20-3/h5,10,14-15H,4,6-9,11-12H2,1-3H3,(H,20,24)(H,21,23). The fourth-order valence-corrected chi connectivity index (χ4v) is 3.27. The molecule has 1 aliphatic rings. The molecule has 1 heterocycles. The van der Waals surface area contributed by atoms with Gasteiger partial charge in [-0.1, -0.05) is 6.92 Å². The molecule has 0 radical (unpaired) electrons. The minimum absolute atomic E-state index is 0.00528. The number of carbonyl (C=O) groups excluding carboxylic acids is 2. The van der Waals surface area contributed by atoms with Crippen LogP contribution in [0.15, 0.2) is 12.1 Å². The van der Waals surface area contributed by atoms with Crippen molar-refractivity contribution in [3.8, 4) is 5.75 Å². The average Bonchev–Trinajstić information content (AvgIpc) is 2.64. The Morgan fingerprint density at radius 3 is 2.60 bits per heavy atom. The first kappa shape index (κ1) is 19.2. The number of aryl methyl sites for hydroxylation is 2. The summed E-state index contributed by atoms with van der Waals surface area (Å²) in [4.78, 5) is 28.1. The van der Waals surface area contributed by atoms with E-state index in [4.69, 9.17) is 4.74 Å². The number of hydrogen-bond acceptors (Lipinski definition) is 4. The topological polar surface area (TPSA) is 80.3 Å². The molecule has 0 atom stereocenters. The Morgan fingerprint density at radius 1 is 1.24 bits per heavy atom. The van der Waals surface area contributed by atoms with Crippen molar-refractivity contribution in [2.75, 3.05) is 20.2 Å². The van der Waals surface area contributed by atoms with E-state index in [9.17, 15) is 9.59 Å². The van der Waals surface area contributed by atoms with E-state index in [0.717, 1.165) is 43.5 Å². The molecule has 0 unspecified atom stereocenters. The first-order valence-electron chi connectivity index (χ1n) is 9.11. The second-order valence-electron chi connectivity index (χ2n) is 6.68. The molecule has 25 heavy (non-hydrogen) atoms. The number of carbonyl (C=O) groups is 2. The summed E-state index contributed by atoms with van der Waals surface area (Å²) in [5.41, 5.74) is 1.82. The summed E-state index contributed by atoms with van der Waals surface area (Å²) in [6.07, 6.45) is 4.51. The number of nitrogens with one attached hydrogen (secondary N) is 2. The molecule has 6 nitrogen and oxygen atoms in total. The van der Waals surface area contributed by atoms with Gasteiger partial charge in [-0.15, -0.1) is 0 Å². The van der Waals surface area contributed by atoms with E-state index in [1.165, 1.54) is 0 Å². The highest BCUT2D eigenvalue weighted by molar-refractivity contribution is 5.78.